The third kappa shape index (κ3) is 2.78. The summed E-state index contributed by atoms with van der Waals surface area (Å²) >= 11 is 6.40. The Hall–Kier alpha value is -1.22. The summed E-state index contributed by atoms with van der Waals surface area (Å²) in [5.74, 6) is 1.28. The highest BCUT2D eigenvalue weighted by molar-refractivity contribution is 6.32. The molecule has 1 atom stereocenters. The van der Waals surface area contributed by atoms with Gasteiger partial charge in [-0.25, -0.2) is 0 Å². The lowest BCUT2D eigenvalue weighted by molar-refractivity contribution is -0.108. The summed E-state index contributed by atoms with van der Waals surface area (Å²) in [6, 6.07) is 1.89. The zero-order valence-corrected chi connectivity index (χ0v) is 12.0. The zero-order chi connectivity index (χ0) is 13.7. The lowest BCUT2D eigenvalue weighted by Gasteiger charge is -2.20. The minimum atomic E-state index is 0.00495. The van der Waals surface area contributed by atoms with Crippen LogP contribution < -0.4 is 9.47 Å². The number of halogens is 1. The number of rotatable bonds is 6. The predicted octanol–water partition coefficient (Wildman–Crippen LogP) is 3.61. The molecule has 0 heterocycles. The van der Waals surface area contributed by atoms with Crippen molar-refractivity contribution in [1.82, 2.24) is 0 Å². The lowest BCUT2D eigenvalue weighted by atomic mass is 9.94. The largest absolute Gasteiger partial charge is 0.493 e. The summed E-state index contributed by atoms with van der Waals surface area (Å²) in [6.07, 6.45) is 2.11. The molecule has 1 unspecified atom stereocenters. The van der Waals surface area contributed by atoms with E-state index in [4.69, 9.17) is 21.1 Å². The van der Waals surface area contributed by atoms with Crippen molar-refractivity contribution in [2.75, 3.05) is 14.2 Å². The molecule has 0 amide bonds. The smallest absolute Gasteiger partial charge is 0.165 e. The Morgan fingerprint density at radius 2 is 2.06 bits per heavy atom. The number of ether oxygens (including phenoxy) is 2. The Kier molecular flexibility index (Phi) is 5.48. The van der Waals surface area contributed by atoms with E-state index in [9.17, 15) is 4.79 Å². The maximum absolute atomic E-state index is 10.7. The molecule has 0 N–H and O–H groups in total. The Balaban J connectivity index is 3.46. The molecule has 0 saturated heterocycles. The Bertz CT molecular complexity index is 430. The maximum atomic E-state index is 10.7. The second-order valence-electron chi connectivity index (χ2n) is 4.16. The van der Waals surface area contributed by atoms with Gasteiger partial charge < -0.3 is 14.3 Å². The van der Waals surface area contributed by atoms with E-state index in [2.05, 4.69) is 0 Å². The van der Waals surface area contributed by atoms with Crippen LogP contribution in [0.5, 0.6) is 11.5 Å². The Morgan fingerprint density at radius 1 is 1.39 bits per heavy atom. The molecule has 1 aromatic rings. The third-order valence-electron chi connectivity index (χ3n) is 3.04. The first kappa shape index (κ1) is 14.8. The van der Waals surface area contributed by atoms with E-state index in [1.54, 1.807) is 14.2 Å². The van der Waals surface area contributed by atoms with Gasteiger partial charge in [0.1, 0.15) is 6.29 Å². The van der Waals surface area contributed by atoms with Crippen molar-refractivity contribution >= 4 is 17.9 Å². The van der Waals surface area contributed by atoms with E-state index >= 15 is 0 Å². The van der Waals surface area contributed by atoms with Gasteiger partial charge in [-0.3, -0.25) is 0 Å². The summed E-state index contributed by atoms with van der Waals surface area (Å²) < 4.78 is 10.7. The minimum Gasteiger partial charge on any atom is -0.493 e. The van der Waals surface area contributed by atoms with Gasteiger partial charge in [-0.2, -0.15) is 0 Å². The van der Waals surface area contributed by atoms with Crippen molar-refractivity contribution in [3.05, 3.63) is 22.2 Å². The molecule has 0 aliphatic rings. The van der Waals surface area contributed by atoms with E-state index in [1.165, 1.54) is 0 Å². The molecule has 100 valence electrons. The summed E-state index contributed by atoms with van der Waals surface area (Å²) in [4.78, 5) is 10.7. The molecular weight excluding hydrogens is 252 g/mol. The first-order valence-electron chi connectivity index (χ1n) is 5.97. The van der Waals surface area contributed by atoms with E-state index < -0.39 is 0 Å². The molecule has 1 rings (SSSR count). The number of hydrogen-bond donors (Lipinski definition) is 0. The number of methoxy groups -OCH3 is 2. The van der Waals surface area contributed by atoms with Gasteiger partial charge in [0.05, 0.1) is 19.2 Å². The van der Waals surface area contributed by atoms with Gasteiger partial charge in [-0.1, -0.05) is 25.4 Å². The van der Waals surface area contributed by atoms with Crippen LogP contribution in [0.4, 0.5) is 0 Å². The van der Waals surface area contributed by atoms with Gasteiger partial charge in [0.15, 0.2) is 11.5 Å². The molecule has 0 aliphatic carbocycles. The fourth-order valence-corrected chi connectivity index (χ4v) is 2.47. The Labute approximate surface area is 113 Å². The van der Waals surface area contributed by atoms with E-state index in [-0.39, 0.29) is 5.92 Å². The van der Waals surface area contributed by atoms with Crippen LogP contribution in [0.15, 0.2) is 6.07 Å². The first-order chi connectivity index (χ1) is 8.60. The molecule has 1 aromatic carbocycles. The first-order valence-corrected chi connectivity index (χ1v) is 6.35. The highest BCUT2D eigenvalue weighted by atomic mass is 35.5. The van der Waals surface area contributed by atoms with Gasteiger partial charge in [-0.15, -0.1) is 0 Å². The Morgan fingerprint density at radius 3 is 2.50 bits per heavy atom. The quantitative estimate of drug-likeness (QED) is 0.741. The molecular formula is C14H19ClO3. The highest BCUT2D eigenvalue weighted by Crippen LogP contribution is 2.43. The number of aryl methyl sites for hydroxylation is 1. The monoisotopic (exact) mass is 270 g/mol. The van der Waals surface area contributed by atoms with Crippen LogP contribution in [0.3, 0.4) is 0 Å². The average molecular weight is 271 g/mol. The summed E-state index contributed by atoms with van der Waals surface area (Å²) in [5.41, 5.74) is 1.85. The molecule has 18 heavy (non-hydrogen) atoms. The van der Waals surface area contributed by atoms with Crippen LogP contribution in [0.1, 0.15) is 37.3 Å². The molecule has 0 spiro atoms. The topological polar surface area (TPSA) is 35.5 Å². The van der Waals surface area contributed by atoms with Crippen molar-refractivity contribution in [3.63, 3.8) is 0 Å². The third-order valence-corrected chi connectivity index (χ3v) is 3.49. The maximum Gasteiger partial charge on any atom is 0.165 e. The van der Waals surface area contributed by atoms with Crippen molar-refractivity contribution in [2.24, 2.45) is 0 Å². The van der Waals surface area contributed by atoms with Gasteiger partial charge in [0.2, 0.25) is 0 Å². The zero-order valence-electron chi connectivity index (χ0n) is 11.2. The van der Waals surface area contributed by atoms with Crippen LogP contribution in [-0.4, -0.2) is 20.5 Å². The van der Waals surface area contributed by atoms with Crippen LogP contribution in [0.25, 0.3) is 0 Å². The van der Waals surface area contributed by atoms with E-state index in [0.29, 0.717) is 22.9 Å². The van der Waals surface area contributed by atoms with Gasteiger partial charge in [0.25, 0.3) is 0 Å². The fourth-order valence-electron chi connectivity index (χ4n) is 2.01. The molecule has 0 aliphatic heterocycles. The van der Waals surface area contributed by atoms with Crippen LogP contribution in [0.2, 0.25) is 5.02 Å². The minimum absolute atomic E-state index is 0.00495. The molecule has 0 aromatic heterocycles. The predicted molar refractivity (Wildman–Crippen MR) is 73.0 cm³/mol. The number of aldehydes is 1. The van der Waals surface area contributed by atoms with Crippen molar-refractivity contribution < 1.29 is 14.3 Å². The fraction of sp³-hybridized carbons (Fsp3) is 0.500. The highest BCUT2D eigenvalue weighted by Gasteiger charge is 2.22. The van der Waals surface area contributed by atoms with Gasteiger partial charge in [0, 0.05) is 12.0 Å². The average Bonchev–Trinajstić information content (AvgIpc) is 2.38. The summed E-state index contributed by atoms with van der Waals surface area (Å²) in [6.45, 7) is 3.98. The number of hydrogen-bond acceptors (Lipinski definition) is 3. The number of carbonyl (C=O) groups is 1. The molecule has 0 saturated carbocycles. The summed E-state index contributed by atoms with van der Waals surface area (Å²) in [7, 11) is 3.18. The van der Waals surface area contributed by atoms with Crippen LogP contribution >= 0.6 is 11.6 Å². The van der Waals surface area contributed by atoms with Gasteiger partial charge in [-0.05, 0) is 24.0 Å². The standard InChI is InChI=1S/C14H19ClO3/c1-5-10-8-11(17-3)14(18-4)12(13(10)15)9(2)6-7-16/h7-9H,5-6H2,1-4H3. The second kappa shape index (κ2) is 6.64. The van der Waals surface area contributed by atoms with Crippen LogP contribution in [-0.2, 0) is 11.2 Å². The lowest BCUT2D eigenvalue weighted by Crippen LogP contribution is -2.04. The normalized spacial score (nSPS) is 12.1. The van der Waals surface area contributed by atoms with Crippen molar-refractivity contribution in [3.8, 4) is 11.5 Å². The van der Waals surface area contributed by atoms with E-state index in [1.807, 2.05) is 19.9 Å². The summed E-state index contributed by atoms with van der Waals surface area (Å²) in [5, 5.41) is 0.671. The second-order valence-corrected chi connectivity index (χ2v) is 4.53. The molecule has 4 heteroatoms. The van der Waals surface area contributed by atoms with E-state index in [0.717, 1.165) is 23.8 Å². The number of carbonyl (C=O) groups excluding carboxylic acids is 1. The van der Waals surface area contributed by atoms with Crippen LogP contribution in [0, 0.1) is 0 Å². The van der Waals surface area contributed by atoms with Crippen molar-refractivity contribution in [2.45, 2.75) is 32.6 Å². The molecule has 0 radical (unpaired) electrons. The molecule has 3 nitrogen and oxygen atoms in total. The molecule has 0 fully saturated rings. The van der Waals surface area contributed by atoms with Gasteiger partial charge >= 0.3 is 0 Å². The molecule has 0 bridgehead atoms. The SMILES string of the molecule is CCc1cc(OC)c(OC)c(C(C)CC=O)c1Cl. The van der Waals surface area contributed by atoms with Crippen molar-refractivity contribution in [1.29, 1.82) is 0 Å². The number of benzene rings is 1.